The quantitative estimate of drug-likeness (QED) is 0.498. The predicted molar refractivity (Wildman–Crippen MR) is 100 cm³/mol. The van der Waals surface area contributed by atoms with Gasteiger partial charge in [0.1, 0.15) is 5.78 Å². The van der Waals surface area contributed by atoms with E-state index >= 15 is 0 Å². The van der Waals surface area contributed by atoms with Crippen molar-refractivity contribution in [3.05, 3.63) is 0 Å². The zero-order valence-electron chi connectivity index (χ0n) is 16.6. The van der Waals surface area contributed by atoms with Crippen LogP contribution in [-0.4, -0.2) is 36.7 Å². The highest BCUT2D eigenvalue weighted by Gasteiger charge is 2.52. The Bertz CT molecular complexity index is 398. The van der Waals surface area contributed by atoms with E-state index in [0.29, 0.717) is 29.5 Å². The molecule has 5 heteroatoms. The van der Waals surface area contributed by atoms with Crippen molar-refractivity contribution in [2.75, 3.05) is 0 Å². The van der Waals surface area contributed by atoms with Gasteiger partial charge in [0.05, 0.1) is 11.5 Å². The van der Waals surface area contributed by atoms with Crippen LogP contribution in [0.25, 0.3) is 0 Å². The van der Waals surface area contributed by atoms with Crippen molar-refractivity contribution >= 4 is 14.1 Å². The van der Waals surface area contributed by atoms with Gasteiger partial charge in [-0.05, 0) is 42.3 Å². The number of aliphatic hydroxyl groups excluding tert-OH is 1. The number of carbonyl (C=O) groups is 1. The first-order chi connectivity index (χ1) is 11.0. The van der Waals surface area contributed by atoms with E-state index in [0.717, 1.165) is 12.8 Å². The van der Waals surface area contributed by atoms with Crippen LogP contribution in [0.1, 0.15) is 80.6 Å². The summed E-state index contributed by atoms with van der Waals surface area (Å²) in [5, 5.41) is 18.6. The molecule has 0 aromatic carbocycles. The molecular formula is C19H38O4Si. The number of rotatable bonds is 8. The van der Waals surface area contributed by atoms with Gasteiger partial charge in [0.15, 0.2) is 6.29 Å². The van der Waals surface area contributed by atoms with Gasteiger partial charge in [-0.1, -0.05) is 48.5 Å². The Balaban J connectivity index is 3.16. The maximum Gasteiger partial charge on any atom is 0.200 e. The number of Topliss-reactive ketones (excluding diaryl/α,β-unsaturated/α-hetero) is 1. The first-order valence-electron chi connectivity index (χ1n) is 9.55. The molecule has 0 aliphatic heterocycles. The molecule has 0 aromatic rings. The van der Waals surface area contributed by atoms with Crippen LogP contribution in [0.4, 0.5) is 0 Å². The fourth-order valence-corrected chi connectivity index (χ4v) is 10.5. The average Bonchev–Trinajstić information content (AvgIpc) is 2.45. The van der Waals surface area contributed by atoms with Gasteiger partial charge in [-0.3, -0.25) is 4.79 Å². The minimum Gasteiger partial charge on any atom is -0.412 e. The lowest BCUT2D eigenvalue weighted by molar-refractivity contribution is -0.140. The van der Waals surface area contributed by atoms with Crippen molar-refractivity contribution in [1.29, 1.82) is 0 Å². The van der Waals surface area contributed by atoms with E-state index in [1.54, 1.807) is 0 Å². The van der Waals surface area contributed by atoms with Gasteiger partial charge in [0, 0.05) is 6.42 Å². The topological polar surface area (TPSA) is 66.8 Å². The summed E-state index contributed by atoms with van der Waals surface area (Å²) in [4.78, 5) is 12.7. The molecule has 0 heterocycles. The second-order valence-corrected chi connectivity index (χ2v) is 14.1. The number of ketones is 1. The van der Waals surface area contributed by atoms with E-state index in [1.165, 1.54) is 0 Å². The molecule has 4 nitrogen and oxygen atoms in total. The molecule has 2 N–H and O–H groups in total. The second kappa shape index (κ2) is 8.43. The Hall–Kier alpha value is -0.233. The summed E-state index contributed by atoms with van der Waals surface area (Å²) in [5.41, 5.74) is 0.824. The highest BCUT2D eigenvalue weighted by atomic mass is 28.4. The number of carbonyl (C=O) groups excluding carboxylic acids is 1. The smallest absolute Gasteiger partial charge is 0.200 e. The van der Waals surface area contributed by atoms with Crippen molar-refractivity contribution in [2.24, 2.45) is 5.41 Å². The number of hydrogen-bond donors (Lipinski definition) is 2. The number of hydrogen-bond acceptors (Lipinski definition) is 4. The maximum absolute atomic E-state index is 12.7. The van der Waals surface area contributed by atoms with E-state index in [9.17, 15) is 15.0 Å². The standard InChI is InChI=1S/C19H38O4Si/c1-13(2)24(14(3)4,15(5)6)23-17-10-8-9-16(20)19(17,7)12-11-18(21)22/h13-15,17-18,21-22H,8-12H2,1-7H3. The SMILES string of the molecule is CC(C)[Si](OC1CCCC(=O)C1(C)CCC(O)O)(C(C)C)C(C)C. The lowest BCUT2D eigenvalue weighted by atomic mass is 9.69. The fraction of sp³-hybridized carbons (Fsp3) is 0.947. The molecule has 1 aliphatic carbocycles. The zero-order valence-corrected chi connectivity index (χ0v) is 17.6. The first-order valence-corrected chi connectivity index (χ1v) is 11.7. The minimum atomic E-state index is -2.07. The third-order valence-corrected chi connectivity index (χ3v) is 12.3. The van der Waals surface area contributed by atoms with Crippen LogP contribution in [0.3, 0.4) is 0 Å². The summed E-state index contributed by atoms with van der Waals surface area (Å²) in [7, 11) is -2.07. The molecule has 0 aromatic heterocycles. The van der Waals surface area contributed by atoms with Crippen LogP contribution in [0, 0.1) is 5.41 Å². The van der Waals surface area contributed by atoms with Crippen molar-refractivity contribution in [2.45, 2.75) is 110 Å². The monoisotopic (exact) mass is 358 g/mol. The summed E-state index contributed by atoms with van der Waals surface area (Å²) in [6.07, 6.45) is 1.59. The Morgan fingerprint density at radius 1 is 1.12 bits per heavy atom. The Labute approximate surface area is 149 Å². The van der Waals surface area contributed by atoms with E-state index in [-0.39, 0.29) is 18.3 Å². The molecule has 2 atom stereocenters. The van der Waals surface area contributed by atoms with E-state index in [4.69, 9.17) is 4.43 Å². The molecule has 0 bridgehead atoms. The van der Waals surface area contributed by atoms with Gasteiger partial charge >= 0.3 is 0 Å². The minimum absolute atomic E-state index is 0.101. The van der Waals surface area contributed by atoms with Crippen molar-refractivity contribution < 1.29 is 19.4 Å². The van der Waals surface area contributed by atoms with Gasteiger partial charge in [-0.25, -0.2) is 0 Å². The van der Waals surface area contributed by atoms with Crippen molar-refractivity contribution in [1.82, 2.24) is 0 Å². The summed E-state index contributed by atoms with van der Waals surface area (Å²) in [6.45, 7) is 15.5. The summed E-state index contributed by atoms with van der Waals surface area (Å²) >= 11 is 0. The molecule has 1 aliphatic rings. The largest absolute Gasteiger partial charge is 0.412 e. The molecule has 1 fully saturated rings. The molecule has 1 saturated carbocycles. The summed E-state index contributed by atoms with van der Waals surface area (Å²) in [6, 6.07) is 0. The van der Waals surface area contributed by atoms with Crippen molar-refractivity contribution in [3.63, 3.8) is 0 Å². The van der Waals surface area contributed by atoms with Gasteiger partial charge in [-0.15, -0.1) is 0 Å². The average molecular weight is 359 g/mol. The third-order valence-electron chi connectivity index (χ3n) is 6.19. The Morgan fingerprint density at radius 3 is 2.04 bits per heavy atom. The molecule has 24 heavy (non-hydrogen) atoms. The van der Waals surface area contributed by atoms with Gasteiger partial charge in [0.2, 0.25) is 8.32 Å². The Morgan fingerprint density at radius 2 is 1.62 bits per heavy atom. The van der Waals surface area contributed by atoms with Crippen molar-refractivity contribution in [3.8, 4) is 0 Å². The summed E-state index contributed by atoms with van der Waals surface area (Å²) in [5.74, 6) is 0.221. The molecule has 0 spiro atoms. The van der Waals surface area contributed by atoms with E-state index < -0.39 is 20.0 Å². The molecule has 0 amide bonds. The first kappa shape index (κ1) is 21.8. The van der Waals surface area contributed by atoms with Gasteiger partial charge in [-0.2, -0.15) is 0 Å². The van der Waals surface area contributed by atoms with Crippen LogP contribution in [-0.2, 0) is 9.22 Å². The van der Waals surface area contributed by atoms with Crippen LogP contribution < -0.4 is 0 Å². The fourth-order valence-electron chi connectivity index (χ4n) is 4.80. The molecule has 1 rings (SSSR count). The zero-order chi connectivity index (χ0) is 18.7. The molecule has 0 saturated heterocycles. The van der Waals surface area contributed by atoms with E-state index in [2.05, 4.69) is 41.5 Å². The van der Waals surface area contributed by atoms with Crippen LogP contribution >= 0.6 is 0 Å². The summed E-state index contributed by atoms with van der Waals surface area (Å²) < 4.78 is 6.94. The normalized spacial score (nSPS) is 26.2. The third kappa shape index (κ3) is 4.29. The molecule has 142 valence electrons. The molecule has 2 unspecified atom stereocenters. The highest BCUT2D eigenvalue weighted by Crippen LogP contribution is 2.48. The van der Waals surface area contributed by atoms with Gasteiger partial charge < -0.3 is 14.6 Å². The second-order valence-electron chi connectivity index (χ2n) is 8.68. The highest BCUT2D eigenvalue weighted by molar-refractivity contribution is 6.77. The predicted octanol–water partition coefficient (Wildman–Crippen LogP) is 4.40. The molecular weight excluding hydrogens is 320 g/mol. The van der Waals surface area contributed by atoms with Crippen LogP contribution in [0.5, 0.6) is 0 Å². The lowest BCUT2D eigenvalue weighted by Gasteiger charge is -2.50. The van der Waals surface area contributed by atoms with Crippen LogP contribution in [0.2, 0.25) is 16.6 Å². The number of aliphatic hydroxyl groups is 2. The van der Waals surface area contributed by atoms with Crippen LogP contribution in [0.15, 0.2) is 0 Å². The molecule has 0 radical (unpaired) electrons. The lowest BCUT2D eigenvalue weighted by Crippen LogP contribution is -2.56. The Kier molecular flexibility index (Phi) is 7.66. The maximum atomic E-state index is 12.7. The van der Waals surface area contributed by atoms with Gasteiger partial charge in [0.25, 0.3) is 0 Å². The van der Waals surface area contributed by atoms with E-state index in [1.807, 2.05) is 6.92 Å².